The van der Waals surface area contributed by atoms with Gasteiger partial charge in [-0.3, -0.25) is 0 Å². The van der Waals surface area contributed by atoms with E-state index in [0.717, 1.165) is 26.1 Å². The van der Waals surface area contributed by atoms with Crippen molar-refractivity contribution in [3.8, 4) is 0 Å². The SMILES string of the molecule is C[C@@](O)(C1CC1)[C@@H]1CCCOC1. The summed E-state index contributed by atoms with van der Waals surface area (Å²) in [4.78, 5) is 0. The molecule has 0 aromatic heterocycles. The number of rotatable bonds is 2. The monoisotopic (exact) mass is 170 g/mol. The molecule has 12 heavy (non-hydrogen) atoms. The van der Waals surface area contributed by atoms with Crippen LogP contribution >= 0.6 is 0 Å². The lowest BCUT2D eigenvalue weighted by Gasteiger charge is -2.35. The van der Waals surface area contributed by atoms with E-state index in [4.69, 9.17) is 4.74 Å². The van der Waals surface area contributed by atoms with Crippen LogP contribution in [0.15, 0.2) is 0 Å². The van der Waals surface area contributed by atoms with Gasteiger partial charge in [0.2, 0.25) is 0 Å². The van der Waals surface area contributed by atoms with Crippen LogP contribution in [0.4, 0.5) is 0 Å². The summed E-state index contributed by atoms with van der Waals surface area (Å²) < 4.78 is 5.39. The van der Waals surface area contributed by atoms with Gasteiger partial charge in [-0.05, 0) is 38.5 Å². The molecule has 2 rings (SSSR count). The second-order valence-corrected chi connectivity index (χ2v) is 4.41. The van der Waals surface area contributed by atoms with Gasteiger partial charge in [0.25, 0.3) is 0 Å². The van der Waals surface area contributed by atoms with Gasteiger partial charge < -0.3 is 9.84 Å². The quantitative estimate of drug-likeness (QED) is 0.681. The summed E-state index contributed by atoms with van der Waals surface area (Å²) in [6.45, 7) is 3.64. The Morgan fingerprint density at radius 1 is 1.25 bits per heavy atom. The molecule has 1 heterocycles. The van der Waals surface area contributed by atoms with E-state index in [0.29, 0.717) is 11.8 Å². The van der Waals surface area contributed by atoms with E-state index in [9.17, 15) is 5.11 Å². The van der Waals surface area contributed by atoms with Gasteiger partial charge in [-0.2, -0.15) is 0 Å². The van der Waals surface area contributed by atoms with E-state index in [2.05, 4.69) is 0 Å². The Balaban J connectivity index is 1.95. The highest BCUT2D eigenvalue weighted by molar-refractivity contribution is 4.96. The second kappa shape index (κ2) is 3.00. The highest BCUT2D eigenvalue weighted by Crippen LogP contribution is 2.45. The first-order chi connectivity index (χ1) is 5.71. The zero-order chi connectivity index (χ0) is 8.60. The van der Waals surface area contributed by atoms with E-state index in [-0.39, 0.29) is 0 Å². The minimum absolute atomic E-state index is 0.388. The summed E-state index contributed by atoms with van der Waals surface area (Å²) in [5, 5.41) is 10.2. The van der Waals surface area contributed by atoms with E-state index in [1.165, 1.54) is 12.8 Å². The average Bonchev–Trinajstić information content (AvgIpc) is 2.88. The Hall–Kier alpha value is -0.0800. The third kappa shape index (κ3) is 1.50. The summed E-state index contributed by atoms with van der Waals surface area (Å²) in [6.07, 6.45) is 4.68. The van der Waals surface area contributed by atoms with E-state index in [1.54, 1.807) is 0 Å². The Morgan fingerprint density at radius 2 is 2.00 bits per heavy atom. The maximum absolute atomic E-state index is 10.2. The van der Waals surface area contributed by atoms with Gasteiger partial charge in [-0.15, -0.1) is 0 Å². The number of aliphatic hydroxyl groups is 1. The molecule has 2 aliphatic rings. The number of ether oxygens (including phenoxy) is 1. The van der Waals surface area contributed by atoms with Crippen molar-refractivity contribution < 1.29 is 9.84 Å². The van der Waals surface area contributed by atoms with E-state index >= 15 is 0 Å². The molecule has 2 nitrogen and oxygen atoms in total. The van der Waals surface area contributed by atoms with Gasteiger partial charge in [-0.1, -0.05) is 0 Å². The first kappa shape index (κ1) is 8.52. The Labute approximate surface area is 73.9 Å². The second-order valence-electron chi connectivity index (χ2n) is 4.41. The Morgan fingerprint density at radius 3 is 2.50 bits per heavy atom. The van der Waals surface area contributed by atoms with E-state index < -0.39 is 5.60 Å². The molecule has 2 heteroatoms. The molecule has 2 atom stereocenters. The normalized spacial score (nSPS) is 36.0. The van der Waals surface area contributed by atoms with Gasteiger partial charge in [0.05, 0.1) is 12.2 Å². The molecule has 0 aromatic carbocycles. The van der Waals surface area contributed by atoms with Crippen LogP contribution in [0.3, 0.4) is 0 Å². The van der Waals surface area contributed by atoms with E-state index in [1.807, 2.05) is 6.92 Å². The van der Waals surface area contributed by atoms with Crippen molar-refractivity contribution in [2.75, 3.05) is 13.2 Å². The predicted molar refractivity (Wildman–Crippen MR) is 46.9 cm³/mol. The molecule has 1 saturated carbocycles. The molecule has 0 radical (unpaired) electrons. The minimum Gasteiger partial charge on any atom is -0.390 e. The molecular weight excluding hydrogens is 152 g/mol. The zero-order valence-corrected chi connectivity index (χ0v) is 7.75. The largest absolute Gasteiger partial charge is 0.390 e. The summed E-state index contributed by atoms with van der Waals surface area (Å²) in [7, 11) is 0. The van der Waals surface area contributed by atoms with Crippen molar-refractivity contribution in [1.29, 1.82) is 0 Å². The highest BCUT2D eigenvalue weighted by Gasteiger charge is 2.45. The molecule has 1 N–H and O–H groups in total. The smallest absolute Gasteiger partial charge is 0.0697 e. The third-order valence-electron chi connectivity index (χ3n) is 3.39. The standard InChI is InChI=1S/C10H18O2/c1-10(11,8-4-5-8)9-3-2-6-12-7-9/h8-9,11H,2-7H2,1H3/t9-,10-/m1/s1. The maximum Gasteiger partial charge on any atom is 0.0697 e. The molecule has 1 aliphatic carbocycles. The van der Waals surface area contributed by atoms with Crippen molar-refractivity contribution in [2.24, 2.45) is 11.8 Å². The van der Waals surface area contributed by atoms with Crippen molar-refractivity contribution in [2.45, 2.75) is 38.2 Å². The Bertz CT molecular complexity index is 155. The van der Waals surface area contributed by atoms with Crippen LogP contribution < -0.4 is 0 Å². The first-order valence-electron chi connectivity index (χ1n) is 5.01. The van der Waals surface area contributed by atoms with Crippen LogP contribution in [-0.4, -0.2) is 23.9 Å². The average molecular weight is 170 g/mol. The van der Waals surface area contributed by atoms with Gasteiger partial charge in [0, 0.05) is 12.5 Å². The highest BCUT2D eigenvalue weighted by atomic mass is 16.5. The van der Waals surface area contributed by atoms with Crippen LogP contribution in [0.5, 0.6) is 0 Å². The van der Waals surface area contributed by atoms with Crippen molar-refractivity contribution >= 4 is 0 Å². The molecule has 2 fully saturated rings. The van der Waals surface area contributed by atoms with Crippen molar-refractivity contribution in [3.05, 3.63) is 0 Å². The van der Waals surface area contributed by atoms with Crippen molar-refractivity contribution in [3.63, 3.8) is 0 Å². The Kier molecular flexibility index (Phi) is 2.13. The topological polar surface area (TPSA) is 29.5 Å². The lowest BCUT2D eigenvalue weighted by molar-refractivity contribution is -0.0807. The molecule has 70 valence electrons. The molecule has 1 aliphatic heterocycles. The van der Waals surface area contributed by atoms with Gasteiger partial charge in [0.15, 0.2) is 0 Å². The number of hydrogen-bond donors (Lipinski definition) is 1. The molecule has 0 unspecified atom stereocenters. The predicted octanol–water partition coefficient (Wildman–Crippen LogP) is 1.57. The zero-order valence-electron chi connectivity index (χ0n) is 7.75. The lowest BCUT2D eigenvalue weighted by atomic mass is 9.81. The molecule has 1 saturated heterocycles. The minimum atomic E-state index is -0.444. The molecule has 0 spiro atoms. The number of hydrogen-bond acceptors (Lipinski definition) is 2. The van der Waals surface area contributed by atoms with Crippen LogP contribution in [0.2, 0.25) is 0 Å². The fraction of sp³-hybridized carbons (Fsp3) is 1.00. The summed E-state index contributed by atoms with van der Waals surface area (Å²) >= 11 is 0. The third-order valence-corrected chi connectivity index (χ3v) is 3.39. The van der Waals surface area contributed by atoms with Gasteiger partial charge in [0.1, 0.15) is 0 Å². The van der Waals surface area contributed by atoms with Crippen LogP contribution in [0.1, 0.15) is 32.6 Å². The lowest BCUT2D eigenvalue weighted by Crippen LogP contribution is -2.41. The fourth-order valence-corrected chi connectivity index (χ4v) is 2.20. The van der Waals surface area contributed by atoms with Crippen LogP contribution in [0, 0.1) is 11.8 Å². The summed E-state index contributed by atoms with van der Waals surface area (Å²) in [5.74, 6) is 0.947. The van der Waals surface area contributed by atoms with Gasteiger partial charge in [-0.25, -0.2) is 0 Å². The molecular formula is C10H18O2. The van der Waals surface area contributed by atoms with Crippen LogP contribution in [0.25, 0.3) is 0 Å². The molecule has 0 amide bonds. The maximum atomic E-state index is 10.2. The van der Waals surface area contributed by atoms with Gasteiger partial charge >= 0.3 is 0 Å². The summed E-state index contributed by atoms with van der Waals surface area (Å²) in [5.41, 5.74) is -0.444. The van der Waals surface area contributed by atoms with Crippen molar-refractivity contribution in [1.82, 2.24) is 0 Å². The fourth-order valence-electron chi connectivity index (χ4n) is 2.20. The molecule has 0 bridgehead atoms. The first-order valence-corrected chi connectivity index (χ1v) is 5.01. The molecule has 0 aromatic rings. The summed E-state index contributed by atoms with van der Waals surface area (Å²) in [6, 6.07) is 0. The van der Waals surface area contributed by atoms with Crippen LogP contribution in [-0.2, 0) is 4.74 Å².